The topological polar surface area (TPSA) is 167 Å². The van der Waals surface area contributed by atoms with Gasteiger partial charge in [-0.25, -0.2) is 0 Å². The Morgan fingerprint density at radius 2 is 0.355 bits per heavy atom. The summed E-state index contributed by atoms with van der Waals surface area (Å²) < 4.78 is 0. The molecule has 93 heavy (non-hydrogen) atoms. The molecular formula is C79H159N9O5. The van der Waals surface area contributed by atoms with E-state index < -0.39 is 0 Å². The second-order valence-corrected chi connectivity index (χ2v) is 28.0. The standard InChI is InChI=1S/C79H159N9O5/c1-6-11-16-21-26-31-35-40-45-49-59-81-75(89)54-64-80-65-70-88(73-71-86(66-55-76(90)82-60-50-44-39-30-25-20-15-10-5)67-56-77(91)83-61-51-46-41-36-32-27-22-17-12-7-2)74-72-87(68-57-78(92)84-62-52-47-42-37-33-28-23-18-13-8-3)69-58-79(93)85-63-53-48-43-38-34-29-24-19-14-9-4/h80H,6-74H2,1-5H3,(H,81,89)(H,82,90)(H,83,91)(H,84,92)(H,85,93). The molecule has 0 rings (SSSR count). The summed E-state index contributed by atoms with van der Waals surface area (Å²) >= 11 is 0. The van der Waals surface area contributed by atoms with E-state index in [-0.39, 0.29) is 29.5 Å². The highest BCUT2D eigenvalue weighted by molar-refractivity contribution is 5.77. The Morgan fingerprint density at radius 1 is 0.183 bits per heavy atom. The van der Waals surface area contributed by atoms with Crippen molar-refractivity contribution >= 4 is 29.5 Å². The SMILES string of the molecule is CCCCCCCCCCCCNC(=O)CCNCCN(CCN(CCC(=O)NCCCCCCCCCC)CCC(=O)NCCCCCCCCCCCC)CCN(CCC(=O)NCCCCCCCCCCCC)CCC(=O)NCCCCCCCCCCCC. The van der Waals surface area contributed by atoms with Crippen molar-refractivity contribution in [3.63, 3.8) is 0 Å². The summed E-state index contributed by atoms with van der Waals surface area (Å²) in [6.07, 6.45) is 62.4. The van der Waals surface area contributed by atoms with Crippen LogP contribution in [-0.2, 0) is 24.0 Å². The van der Waals surface area contributed by atoms with Crippen LogP contribution >= 0.6 is 0 Å². The highest BCUT2D eigenvalue weighted by Crippen LogP contribution is 2.15. The van der Waals surface area contributed by atoms with Gasteiger partial charge in [0, 0.05) is 137 Å². The fraction of sp³-hybridized carbons (Fsp3) is 0.937. The first-order valence-corrected chi connectivity index (χ1v) is 40.9. The number of carbonyl (C=O) groups is 5. The van der Waals surface area contributed by atoms with Gasteiger partial charge in [-0.1, -0.05) is 311 Å². The van der Waals surface area contributed by atoms with Crippen molar-refractivity contribution in [1.29, 1.82) is 0 Å². The van der Waals surface area contributed by atoms with Crippen LogP contribution in [-0.4, -0.2) is 149 Å². The van der Waals surface area contributed by atoms with E-state index in [9.17, 15) is 24.0 Å². The van der Waals surface area contributed by atoms with Crippen molar-refractivity contribution in [2.45, 2.75) is 375 Å². The molecule has 0 radical (unpaired) electrons. The number of hydrogen-bond donors (Lipinski definition) is 6. The highest BCUT2D eigenvalue weighted by Gasteiger charge is 2.17. The van der Waals surface area contributed by atoms with E-state index in [1.165, 1.54) is 244 Å². The summed E-state index contributed by atoms with van der Waals surface area (Å²) in [6, 6.07) is 0. The van der Waals surface area contributed by atoms with Crippen LogP contribution in [0, 0.1) is 0 Å². The predicted molar refractivity (Wildman–Crippen MR) is 400 cm³/mol. The van der Waals surface area contributed by atoms with Gasteiger partial charge in [0.15, 0.2) is 0 Å². The molecule has 0 spiro atoms. The molecule has 0 aromatic heterocycles. The fourth-order valence-electron chi connectivity index (χ4n) is 12.5. The summed E-state index contributed by atoms with van der Waals surface area (Å²) in [5, 5.41) is 19.5. The predicted octanol–water partition coefficient (Wildman–Crippen LogP) is 17.8. The van der Waals surface area contributed by atoms with Crippen molar-refractivity contribution in [1.82, 2.24) is 46.6 Å². The van der Waals surface area contributed by atoms with Crippen molar-refractivity contribution < 1.29 is 24.0 Å². The number of rotatable bonds is 77. The molecule has 5 amide bonds. The van der Waals surface area contributed by atoms with Crippen LogP contribution < -0.4 is 31.9 Å². The van der Waals surface area contributed by atoms with Crippen LogP contribution in [0.25, 0.3) is 0 Å². The second-order valence-electron chi connectivity index (χ2n) is 28.0. The molecule has 0 heterocycles. The Morgan fingerprint density at radius 3 is 0.559 bits per heavy atom. The molecule has 0 fully saturated rings. The average molecular weight is 1320 g/mol. The van der Waals surface area contributed by atoms with E-state index >= 15 is 0 Å². The third-order valence-corrected chi connectivity index (χ3v) is 19.0. The van der Waals surface area contributed by atoms with E-state index in [4.69, 9.17) is 0 Å². The largest absolute Gasteiger partial charge is 0.356 e. The Kier molecular flexibility index (Phi) is 72.7. The summed E-state index contributed by atoms with van der Waals surface area (Å²) in [5.74, 6) is 0.368. The molecule has 0 aromatic rings. The Balaban J connectivity index is 6.02. The number of amides is 5. The zero-order valence-corrected chi connectivity index (χ0v) is 62.7. The maximum atomic E-state index is 13.4. The molecule has 550 valence electrons. The minimum absolute atomic E-state index is 0.0673. The third-order valence-electron chi connectivity index (χ3n) is 19.0. The molecule has 14 nitrogen and oxygen atoms in total. The van der Waals surface area contributed by atoms with Gasteiger partial charge in [0.2, 0.25) is 29.5 Å². The van der Waals surface area contributed by atoms with E-state index in [0.717, 1.165) is 90.4 Å². The molecule has 0 aliphatic carbocycles. The molecule has 0 bridgehead atoms. The summed E-state index contributed by atoms with van der Waals surface area (Å²) in [6.45, 7) is 22.1. The van der Waals surface area contributed by atoms with E-state index in [2.05, 4.69) is 81.2 Å². The average Bonchev–Trinajstić information content (AvgIpc) is 3.64. The maximum absolute atomic E-state index is 13.4. The van der Waals surface area contributed by atoms with Crippen LogP contribution in [0.1, 0.15) is 375 Å². The second kappa shape index (κ2) is 75.0. The van der Waals surface area contributed by atoms with Crippen molar-refractivity contribution in [2.24, 2.45) is 0 Å². The first-order valence-electron chi connectivity index (χ1n) is 40.9. The van der Waals surface area contributed by atoms with E-state index in [1.54, 1.807) is 0 Å². The van der Waals surface area contributed by atoms with Crippen LogP contribution in [0.4, 0.5) is 0 Å². The number of carbonyl (C=O) groups excluding carboxylic acids is 5. The quantitative estimate of drug-likeness (QED) is 0.0325. The van der Waals surface area contributed by atoms with Crippen molar-refractivity contribution in [3.05, 3.63) is 0 Å². The summed E-state index contributed by atoms with van der Waals surface area (Å²) in [5.41, 5.74) is 0. The number of nitrogens with one attached hydrogen (secondary N) is 6. The van der Waals surface area contributed by atoms with Crippen molar-refractivity contribution in [3.8, 4) is 0 Å². The van der Waals surface area contributed by atoms with Gasteiger partial charge in [-0.15, -0.1) is 0 Å². The Bertz CT molecular complexity index is 1570. The summed E-state index contributed by atoms with van der Waals surface area (Å²) in [7, 11) is 0. The van der Waals surface area contributed by atoms with Crippen LogP contribution in [0.2, 0.25) is 0 Å². The lowest BCUT2D eigenvalue weighted by atomic mass is 10.1. The molecule has 0 saturated heterocycles. The van der Waals surface area contributed by atoms with Crippen LogP contribution in [0.15, 0.2) is 0 Å². The lowest BCUT2D eigenvalue weighted by molar-refractivity contribution is -0.123. The molecule has 0 unspecified atom stereocenters. The van der Waals surface area contributed by atoms with Gasteiger partial charge in [-0.05, 0) is 32.1 Å². The van der Waals surface area contributed by atoms with Gasteiger partial charge < -0.3 is 41.7 Å². The maximum Gasteiger partial charge on any atom is 0.221 e. The monoisotopic (exact) mass is 1310 g/mol. The molecule has 14 heteroatoms. The lowest BCUT2D eigenvalue weighted by Gasteiger charge is -2.30. The van der Waals surface area contributed by atoms with Gasteiger partial charge in [-0.2, -0.15) is 0 Å². The van der Waals surface area contributed by atoms with Gasteiger partial charge >= 0.3 is 0 Å². The molecule has 0 aliphatic heterocycles. The van der Waals surface area contributed by atoms with E-state index in [0.29, 0.717) is 111 Å². The van der Waals surface area contributed by atoms with Crippen molar-refractivity contribution in [2.75, 3.05) is 105 Å². The first-order chi connectivity index (χ1) is 45.7. The Hall–Kier alpha value is -2.81. The summed E-state index contributed by atoms with van der Waals surface area (Å²) in [4.78, 5) is 73.5. The number of nitrogens with zero attached hydrogens (tertiary/aromatic N) is 3. The molecule has 0 atom stereocenters. The highest BCUT2D eigenvalue weighted by atomic mass is 16.2. The number of unbranched alkanes of at least 4 members (excludes halogenated alkanes) is 43. The zero-order chi connectivity index (χ0) is 67.7. The molecular weight excluding hydrogens is 1150 g/mol. The van der Waals surface area contributed by atoms with Gasteiger partial charge in [0.1, 0.15) is 0 Å². The van der Waals surface area contributed by atoms with Crippen LogP contribution in [0.5, 0.6) is 0 Å². The zero-order valence-electron chi connectivity index (χ0n) is 62.7. The lowest BCUT2D eigenvalue weighted by Crippen LogP contribution is -2.44. The van der Waals surface area contributed by atoms with Gasteiger partial charge in [-0.3, -0.25) is 28.9 Å². The van der Waals surface area contributed by atoms with Gasteiger partial charge in [0.25, 0.3) is 0 Å². The molecule has 6 N–H and O–H groups in total. The molecule has 0 saturated carbocycles. The number of hydrogen-bond acceptors (Lipinski definition) is 9. The smallest absolute Gasteiger partial charge is 0.221 e. The van der Waals surface area contributed by atoms with Crippen LogP contribution in [0.3, 0.4) is 0 Å². The Labute approximate surface area is 577 Å². The van der Waals surface area contributed by atoms with E-state index in [1.807, 2.05) is 0 Å². The normalized spacial score (nSPS) is 11.6. The minimum Gasteiger partial charge on any atom is -0.356 e. The van der Waals surface area contributed by atoms with Gasteiger partial charge in [0.05, 0.1) is 0 Å². The minimum atomic E-state index is 0.0673. The third kappa shape index (κ3) is 70.3. The molecule has 0 aromatic carbocycles. The molecule has 0 aliphatic rings. The fourth-order valence-corrected chi connectivity index (χ4v) is 12.5. The first kappa shape index (κ1) is 90.2.